The van der Waals surface area contributed by atoms with E-state index in [1.807, 2.05) is 0 Å². The van der Waals surface area contributed by atoms with Gasteiger partial charge in [0.15, 0.2) is 6.61 Å². The van der Waals surface area contributed by atoms with Crippen LogP contribution in [0.15, 0.2) is 42.5 Å². The van der Waals surface area contributed by atoms with Gasteiger partial charge in [0.2, 0.25) is 0 Å². The van der Waals surface area contributed by atoms with Crippen LogP contribution in [-0.4, -0.2) is 37.6 Å². The van der Waals surface area contributed by atoms with Crippen molar-refractivity contribution in [3.8, 4) is 11.5 Å². The van der Waals surface area contributed by atoms with E-state index in [2.05, 4.69) is 5.32 Å². The van der Waals surface area contributed by atoms with Crippen molar-refractivity contribution < 1.29 is 33.1 Å². The fourth-order valence-electron chi connectivity index (χ4n) is 2.21. The average Bonchev–Trinajstić information content (AvgIpc) is 2.71. The van der Waals surface area contributed by atoms with Crippen molar-refractivity contribution in [2.24, 2.45) is 0 Å². The number of nitrogens with zero attached hydrogens (tertiary/aromatic N) is 1. The number of nitro benzene ring substituents is 1. The Morgan fingerprint density at radius 3 is 2.59 bits per heavy atom. The van der Waals surface area contributed by atoms with E-state index in [0.717, 1.165) is 24.3 Å². The molecule has 0 saturated carbocycles. The maximum Gasteiger partial charge on any atom is 0.331 e. The summed E-state index contributed by atoms with van der Waals surface area (Å²) in [5.41, 5.74) is -0.206. The summed E-state index contributed by atoms with van der Waals surface area (Å²) in [6, 6.07) is 7.65. The second-order valence-corrected chi connectivity index (χ2v) is 5.52. The minimum Gasteiger partial charge on any atom is -0.497 e. The van der Waals surface area contributed by atoms with E-state index in [1.165, 1.54) is 20.3 Å². The van der Waals surface area contributed by atoms with Crippen molar-refractivity contribution in [3.63, 3.8) is 0 Å². The van der Waals surface area contributed by atoms with Crippen molar-refractivity contribution in [3.05, 3.63) is 64.0 Å². The van der Waals surface area contributed by atoms with Crippen molar-refractivity contribution in [2.45, 2.75) is 0 Å². The summed E-state index contributed by atoms with van der Waals surface area (Å²) in [4.78, 5) is 33.6. The number of nitrogens with one attached hydrogen (secondary N) is 1. The van der Waals surface area contributed by atoms with Gasteiger partial charge in [-0.15, -0.1) is 0 Å². The number of halogens is 1. The number of benzene rings is 2. The molecule has 9 nitrogen and oxygen atoms in total. The lowest BCUT2D eigenvalue weighted by atomic mass is 10.2. The fraction of sp³-hybridized carbons (Fsp3) is 0.158. The Morgan fingerprint density at radius 2 is 1.93 bits per heavy atom. The van der Waals surface area contributed by atoms with Crippen LogP contribution in [0, 0.1) is 15.9 Å². The number of anilines is 1. The number of carbonyl (C=O) groups is 2. The molecule has 0 aliphatic carbocycles. The van der Waals surface area contributed by atoms with Gasteiger partial charge in [-0.25, -0.2) is 9.18 Å². The van der Waals surface area contributed by atoms with Crippen molar-refractivity contribution in [1.29, 1.82) is 0 Å². The van der Waals surface area contributed by atoms with Crippen molar-refractivity contribution in [2.75, 3.05) is 26.1 Å². The molecule has 0 bridgehead atoms. The number of rotatable bonds is 8. The topological polar surface area (TPSA) is 117 Å². The van der Waals surface area contributed by atoms with E-state index in [4.69, 9.17) is 14.2 Å². The van der Waals surface area contributed by atoms with Crippen LogP contribution in [0.1, 0.15) is 5.56 Å². The van der Waals surface area contributed by atoms with Gasteiger partial charge >= 0.3 is 5.97 Å². The smallest absolute Gasteiger partial charge is 0.331 e. The van der Waals surface area contributed by atoms with Crippen LogP contribution in [0.3, 0.4) is 0 Å². The maximum absolute atomic E-state index is 13.6. The summed E-state index contributed by atoms with van der Waals surface area (Å²) in [6.07, 6.45) is 2.52. The van der Waals surface area contributed by atoms with Gasteiger partial charge in [0.05, 0.1) is 24.8 Å². The number of hydrogen-bond acceptors (Lipinski definition) is 7. The molecular formula is C19H17FN2O7. The first-order chi connectivity index (χ1) is 13.8. The quantitative estimate of drug-likeness (QED) is 0.311. The molecule has 0 fully saturated rings. The average molecular weight is 404 g/mol. The number of non-ortho nitro benzene ring substituents is 1. The van der Waals surface area contributed by atoms with Gasteiger partial charge in [-0.05, 0) is 24.3 Å². The van der Waals surface area contributed by atoms with Gasteiger partial charge in [-0.3, -0.25) is 14.9 Å². The number of nitro groups is 1. The summed E-state index contributed by atoms with van der Waals surface area (Å²) < 4.78 is 28.7. The van der Waals surface area contributed by atoms with E-state index in [1.54, 1.807) is 18.2 Å². The molecule has 0 radical (unpaired) electrons. The largest absolute Gasteiger partial charge is 0.497 e. The third-order valence-corrected chi connectivity index (χ3v) is 3.62. The molecule has 152 valence electrons. The molecule has 1 amide bonds. The molecule has 0 aliphatic rings. The first-order valence-corrected chi connectivity index (χ1v) is 8.14. The molecule has 1 N–H and O–H groups in total. The van der Waals surface area contributed by atoms with Gasteiger partial charge in [0, 0.05) is 29.8 Å². The number of methoxy groups -OCH3 is 2. The molecule has 0 heterocycles. The zero-order valence-corrected chi connectivity index (χ0v) is 15.5. The van der Waals surface area contributed by atoms with Gasteiger partial charge in [0.25, 0.3) is 11.6 Å². The Morgan fingerprint density at radius 1 is 1.17 bits per heavy atom. The molecule has 0 unspecified atom stereocenters. The lowest BCUT2D eigenvalue weighted by Gasteiger charge is -2.07. The number of hydrogen-bond donors (Lipinski definition) is 1. The summed E-state index contributed by atoms with van der Waals surface area (Å²) in [5, 5.41) is 12.8. The lowest BCUT2D eigenvalue weighted by molar-refractivity contribution is -0.384. The summed E-state index contributed by atoms with van der Waals surface area (Å²) in [7, 11) is 2.97. The van der Waals surface area contributed by atoms with Crippen molar-refractivity contribution >= 4 is 29.3 Å². The van der Waals surface area contributed by atoms with Crippen LogP contribution >= 0.6 is 0 Å². The summed E-state index contributed by atoms with van der Waals surface area (Å²) in [5.74, 6) is -1.49. The molecule has 10 heteroatoms. The van der Waals surface area contributed by atoms with E-state index >= 15 is 0 Å². The summed E-state index contributed by atoms with van der Waals surface area (Å²) in [6.45, 7) is -0.703. The molecule has 0 atom stereocenters. The highest BCUT2D eigenvalue weighted by atomic mass is 19.1. The maximum atomic E-state index is 13.6. The number of amides is 1. The van der Waals surface area contributed by atoms with Crippen molar-refractivity contribution in [1.82, 2.24) is 0 Å². The van der Waals surface area contributed by atoms with Gasteiger partial charge in [-0.1, -0.05) is 0 Å². The number of carbonyl (C=O) groups excluding carboxylic acids is 2. The first-order valence-electron chi connectivity index (χ1n) is 8.14. The fourth-order valence-corrected chi connectivity index (χ4v) is 2.21. The first kappa shape index (κ1) is 21.4. The van der Waals surface area contributed by atoms with Gasteiger partial charge in [0.1, 0.15) is 17.3 Å². The lowest BCUT2D eigenvalue weighted by Crippen LogP contribution is -2.20. The number of esters is 1. The highest BCUT2D eigenvalue weighted by molar-refractivity contribution is 5.95. The van der Waals surface area contributed by atoms with E-state index in [0.29, 0.717) is 17.1 Å². The highest BCUT2D eigenvalue weighted by Gasteiger charge is 2.14. The van der Waals surface area contributed by atoms with Crippen LogP contribution in [0.5, 0.6) is 11.5 Å². The molecule has 29 heavy (non-hydrogen) atoms. The standard InChI is InChI=1S/C19H17FN2O7/c1-27-14-6-3-12(17(10-14)28-2)4-8-19(24)29-11-18(23)21-16-9-13(22(25)26)5-7-15(16)20/h3-10H,11H2,1-2H3,(H,21,23)/b8-4+. The Balaban J connectivity index is 1.94. The van der Waals surface area contributed by atoms with Crippen LogP contribution < -0.4 is 14.8 Å². The molecule has 2 aromatic carbocycles. The minimum absolute atomic E-state index is 0.390. The van der Waals surface area contributed by atoms with Gasteiger partial charge in [-0.2, -0.15) is 0 Å². The molecule has 0 aliphatic heterocycles. The predicted molar refractivity (Wildman–Crippen MR) is 101 cm³/mol. The molecular weight excluding hydrogens is 387 g/mol. The zero-order valence-electron chi connectivity index (χ0n) is 15.5. The highest BCUT2D eigenvalue weighted by Crippen LogP contribution is 2.25. The van der Waals surface area contributed by atoms with Crippen LogP contribution in [0.2, 0.25) is 0 Å². The summed E-state index contributed by atoms with van der Waals surface area (Å²) >= 11 is 0. The second kappa shape index (κ2) is 9.83. The molecule has 0 aromatic heterocycles. The SMILES string of the molecule is COc1ccc(/C=C/C(=O)OCC(=O)Nc2cc([N+](=O)[O-])ccc2F)c(OC)c1. The van der Waals surface area contributed by atoms with E-state index in [9.17, 15) is 24.1 Å². The van der Waals surface area contributed by atoms with Crippen LogP contribution in [-0.2, 0) is 14.3 Å². The number of ether oxygens (including phenoxy) is 3. The third-order valence-electron chi connectivity index (χ3n) is 3.62. The Hall–Kier alpha value is -3.95. The van der Waals surface area contributed by atoms with Crippen LogP contribution in [0.25, 0.3) is 6.08 Å². The molecule has 2 rings (SSSR count). The van der Waals surface area contributed by atoms with E-state index in [-0.39, 0.29) is 0 Å². The Kier molecular flexibility index (Phi) is 7.24. The van der Waals surface area contributed by atoms with E-state index < -0.39 is 40.6 Å². The van der Waals surface area contributed by atoms with Crippen LogP contribution in [0.4, 0.5) is 15.8 Å². The third kappa shape index (κ3) is 6.03. The monoisotopic (exact) mass is 404 g/mol. The normalized spacial score (nSPS) is 10.4. The second-order valence-electron chi connectivity index (χ2n) is 5.52. The molecule has 0 spiro atoms. The minimum atomic E-state index is -0.859. The molecule has 2 aromatic rings. The Bertz CT molecular complexity index is 960. The molecule has 0 saturated heterocycles. The Labute approximate surface area is 164 Å². The predicted octanol–water partition coefficient (Wildman–Crippen LogP) is 2.95. The van der Waals surface area contributed by atoms with Gasteiger partial charge < -0.3 is 19.5 Å². The zero-order chi connectivity index (χ0) is 21.4.